The van der Waals surface area contributed by atoms with Crippen LogP contribution in [0, 0.1) is 6.92 Å². The Hall–Kier alpha value is -3.31. The third-order valence-electron chi connectivity index (χ3n) is 5.14. The van der Waals surface area contributed by atoms with Crippen LogP contribution in [0.25, 0.3) is 5.70 Å². The zero-order valence-electron chi connectivity index (χ0n) is 18.6. The van der Waals surface area contributed by atoms with Gasteiger partial charge in [-0.15, -0.1) is 0 Å². The molecule has 0 heterocycles. The first kappa shape index (κ1) is 23.4. The van der Waals surface area contributed by atoms with Crippen LogP contribution in [0.4, 0.5) is 4.79 Å². The maximum Gasteiger partial charge on any atom is 0.345 e. The number of rotatable bonds is 7. The van der Waals surface area contributed by atoms with Crippen molar-refractivity contribution in [2.75, 3.05) is 13.7 Å². The minimum atomic E-state index is -0.537. The SMILES string of the molecule is C=C(NC(=O)N=C(C)c1ccc(OCC2=CC=CCC2)cc1)c1c(OC)ccc(C)c1Cl. The van der Waals surface area contributed by atoms with Crippen LogP contribution in [0.15, 0.2) is 71.8 Å². The number of hydrogen-bond donors (Lipinski definition) is 1. The molecule has 2 aromatic rings. The van der Waals surface area contributed by atoms with Crippen LogP contribution in [0.1, 0.15) is 36.5 Å². The normalized spacial score (nSPS) is 13.4. The number of nitrogens with one attached hydrogen (secondary N) is 1. The fourth-order valence-electron chi connectivity index (χ4n) is 3.29. The molecular formula is C26H27ClN2O3. The van der Waals surface area contributed by atoms with E-state index in [1.54, 1.807) is 20.1 Å². The average molecular weight is 451 g/mol. The number of amides is 2. The Morgan fingerprint density at radius 1 is 1.22 bits per heavy atom. The predicted octanol–water partition coefficient (Wildman–Crippen LogP) is 6.50. The number of ether oxygens (including phenoxy) is 2. The molecule has 0 bridgehead atoms. The molecule has 2 aromatic carbocycles. The smallest absolute Gasteiger partial charge is 0.345 e. The van der Waals surface area contributed by atoms with Crippen molar-refractivity contribution in [3.05, 3.63) is 88.5 Å². The van der Waals surface area contributed by atoms with E-state index in [2.05, 4.69) is 35.1 Å². The number of allylic oxidation sites excluding steroid dienone is 3. The highest BCUT2D eigenvalue weighted by Crippen LogP contribution is 2.33. The lowest BCUT2D eigenvalue weighted by molar-refractivity contribution is 0.253. The van der Waals surface area contributed by atoms with E-state index in [4.69, 9.17) is 21.1 Å². The van der Waals surface area contributed by atoms with E-state index in [1.807, 2.05) is 37.3 Å². The Morgan fingerprint density at radius 3 is 2.62 bits per heavy atom. The number of aryl methyl sites for hydroxylation is 1. The van der Waals surface area contributed by atoms with Crippen molar-refractivity contribution in [1.82, 2.24) is 5.32 Å². The van der Waals surface area contributed by atoms with E-state index in [-0.39, 0.29) is 0 Å². The van der Waals surface area contributed by atoms with Crippen LogP contribution in [0.2, 0.25) is 5.02 Å². The zero-order valence-corrected chi connectivity index (χ0v) is 19.3. The van der Waals surface area contributed by atoms with Gasteiger partial charge in [-0.2, -0.15) is 4.99 Å². The molecule has 0 saturated carbocycles. The third-order valence-corrected chi connectivity index (χ3v) is 5.63. The molecule has 0 saturated heterocycles. The zero-order chi connectivity index (χ0) is 23.1. The van der Waals surface area contributed by atoms with Crippen molar-refractivity contribution in [3.8, 4) is 11.5 Å². The highest BCUT2D eigenvalue weighted by molar-refractivity contribution is 6.33. The van der Waals surface area contributed by atoms with Crippen LogP contribution in [0.5, 0.6) is 11.5 Å². The van der Waals surface area contributed by atoms with Crippen molar-refractivity contribution in [1.29, 1.82) is 0 Å². The number of hydrogen-bond acceptors (Lipinski definition) is 3. The van der Waals surface area contributed by atoms with Gasteiger partial charge in [0.15, 0.2) is 0 Å². The summed E-state index contributed by atoms with van der Waals surface area (Å²) in [5, 5.41) is 3.16. The summed E-state index contributed by atoms with van der Waals surface area (Å²) in [6, 6.07) is 10.6. The molecule has 0 spiro atoms. The van der Waals surface area contributed by atoms with Crippen LogP contribution >= 0.6 is 11.6 Å². The van der Waals surface area contributed by atoms with E-state index < -0.39 is 6.03 Å². The molecule has 0 aromatic heterocycles. The molecule has 5 nitrogen and oxygen atoms in total. The second-order valence-electron chi connectivity index (χ2n) is 7.48. The molecule has 2 amide bonds. The number of methoxy groups -OCH3 is 1. The first-order valence-corrected chi connectivity index (χ1v) is 10.7. The van der Waals surface area contributed by atoms with Gasteiger partial charge in [0, 0.05) is 5.70 Å². The lowest BCUT2D eigenvalue weighted by Gasteiger charge is -2.14. The van der Waals surface area contributed by atoms with Crippen molar-refractivity contribution >= 4 is 29.0 Å². The van der Waals surface area contributed by atoms with Gasteiger partial charge in [-0.25, -0.2) is 4.79 Å². The average Bonchev–Trinajstić information content (AvgIpc) is 2.80. The number of carbonyl (C=O) groups excluding carboxylic acids is 1. The summed E-state index contributed by atoms with van der Waals surface area (Å²) < 4.78 is 11.2. The molecular weight excluding hydrogens is 424 g/mol. The molecule has 3 rings (SSSR count). The predicted molar refractivity (Wildman–Crippen MR) is 131 cm³/mol. The van der Waals surface area contributed by atoms with E-state index in [9.17, 15) is 4.79 Å². The van der Waals surface area contributed by atoms with E-state index in [0.717, 1.165) is 29.7 Å². The van der Waals surface area contributed by atoms with Crippen LogP contribution in [-0.4, -0.2) is 25.5 Å². The monoisotopic (exact) mass is 450 g/mol. The summed E-state index contributed by atoms with van der Waals surface area (Å²) in [4.78, 5) is 16.6. The summed E-state index contributed by atoms with van der Waals surface area (Å²) >= 11 is 6.40. The minimum absolute atomic E-state index is 0.327. The summed E-state index contributed by atoms with van der Waals surface area (Å²) in [6.07, 6.45) is 8.40. The first-order valence-electron chi connectivity index (χ1n) is 10.4. The van der Waals surface area contributed by atoms with Crippen LogP contribution < -0.4 is 14.8 Å². The Bertz CT molecular complexity index is 1100. The van der Waals surface area contributed by atoms with Gasteiger partial charge in [0.1, 0.15) is 18.1 Å². The lowest BCUT2D eigenvalue weighted by atomic mass is 10.1. The molecule has 0 fully saturated rings. The number of aliphatic imine (C=N–C) groups is 1. The summed E-state index contributed by atoms with van der Waals surface area (Å²) in [5.41, 5.74) is 4.40. The van der Waals surface area contributed by atoms with Crippen molar-refractivity contribution < 1.29 is 14.3 Å². The van der Waals surface area contributed by atoms with Crippen molar-refractivity contribution in [2.24, 2.45) is 4.99 Å². The van der Waals surface area contributed by atoms with E-state index in [1.165, 1.54) is 5.57 Å². The number of carbonyl (C=O) groups is 1. The standard InChI is InChI=1S/C26H27ClN2O3/c1-17-10-15-23(31-4)24(25(17)27)19(3)29-26(30)28-18(2)21-11-13-22(14-12-21)32-16-20-8-6-5-7-9-20/h5-6,8,10-15H,3,7,9,16H2,1-2,4H3,(H,29,30). The first-order chi connectivity index (χ1) is 15.4. The highest BCUT2D eigenvalue weighted by atomic mass is 35.5. The van der Waals surface area contributed by atoms with Gasteiger partial charge in [-0.3, -0.25) is 0 Å². The van der Waals surface area contributed by atoms with E-state index >= 15 is 0 Å². The van der Waals surface area contributed by atoms with Gasteiger partial charge in [0.25, 0.3) is 0 Å². The fourth-order valence-corrected chi connectivity index (χ4v) is 3.56. The topological polar surface area (TPSA) is 59.9 Å². The van der Waals surface area contributed by atoms with Crippen molar-refractivity contribution in [2.45, 2.75) is 26.7 Å². The molecule has 0 unspecified atom stereocenters. The van der Waals surface area contributed by atoms with Gasteiger partial charge >= 0.3 is 6.03 Å². The molecule has 166 valence electrons. The maximum atomic E-state index is 12.5. The lowest BCUT2D eigenvalue weighted by Crippen LogP contribution is -2.19. The molecule has 0 radical (unpaired) electrons. The van der Waals surface area contributed by atoms with Gasteiger partial charge in [-0.05, 0) is 73.7 Å². The van der Waals surface area contributed by atoms with Crippen LogP contribution in [0.3, 0.4) is 0 Å². The fraction of sp³-hybridized carbons (Fsp3) is 0.231. The second kappa shape index (κ2) is 10.8. The molecule has 0 aliphatic heterocycles. The summed E-state index contributed by atoms with van der Waals surface area (Å²) in [5.74, 6) is 1.30. The largest absolute Gasteiger partial charge is 0.496 e. The Morgan fingerprint density at radius 2 is 1.97 bits per heavy atom. The Kier molecular flexibility index (Phi) is 7.90. The highest BCUT2D eigenvalue weighted by Gasteiger charge is 2.15. The minimum Gasteiger partial charge on any atom is -0.496 e. The quantitative estimate of drug-likeness (QED) is 0.489. The van der Waals surface area contributed by atoms with E-state index in [0.29, 0.717) is 34.4 Å². The second-order valence-corrected chi connectivity index (χ2v) is 7.86. The molecule has 6 heteroatoms. The number of urea groups is 1. The van der Waals surface area contributed by atoms with Gasteiger partial charge < -0.3 is 14.8 Å². The number of benzene rings is 2. The third kappa shape index (κ3) is 5.89. The van der Waals surface area contributed by atoms with Gasteiger partial charge in [-0.1, -0.05) is 42.5 Å². The Labute approximate surface area is 194 Å². The van der Waals surface area contributed by atoms with Gasteiger partial charge in [0.2, 0.25) is 0 Å². The molecule has 1 N–H and O–H groups in total. The number of halogens is 1. The molecule has 1 aliphatic carbocycles. The molecule has 1 aliphatic rings. The Balaban J connectivity index is 1.63. The van der Waals surface area contributed by atoms with Gasteiger partial charge in [0.05, 0.1) is 23.4 Å². The molecule has 32 heavy (non-hydrogen) atoms. The summed E-state index contributed by atoms with van der Waals surface area (Å²) in [7, 11) is 1.54. The maximum absolute atomic E-state index is 12.5. The molecule has 0 atom stereocenters. The van der Waals surface area contributed by atoms with Crippen LogP contribution in [-0.2, 0) is 0 Å². The number of nitrogens with zero attached hydrogens (tertiary/aromatic N) is 1. The van der Waals surface area contributed by atoms with Crippen molar-refractivity contribution in [3.63, 3.8) is 0 Å². The summed E-state index contributed by atoms with van der Waals surface area (Å²) in [6.45, 7) is 8.16.